The van der Waals surface area contributed by atoms with Crippen LogP contribution in [0.2, 0.25) is 0 Å². The van der Waals surface area contributed by atoms with Gasteiger partial charge in [0.05, 0.1) is 28.5 Å². The van der Waals surface area contributed by atoms with Crippen molar-refractivity contribution in [1.82, 2.24) is 15.0 Å². The Morgan fingerprint density at radius 2 is 1.81 bits per heavy atom. The summed E-state index contributed by atoms with van der Waals surface area (Å²) in [5.74, 6) is -0.295. The summed E-state index contributed by atoms with van der Waals surface area (Å²) in [6.07, 6.45) is 2.22. The number of rotatable bonds is 6. The van der Waals surface area contributed by atoms with Crippen LogP contribution in [0.4, 0.5) is 10.1 Å². The minimum atomic E-state index is -1.21. The SMILES string of the molecule is CC1=CC(OCc2cc(C)cc(F)n2)=C(Cl)C(O)N1c1cc(-c2nc(C(C)(C)O)ccc2C)ncc1C. The molecule has 3 aromatic heterocycles. The minimum Gasteiger partial charge on any atom is -0.486 e. The first kappa shape index (κ1) is 26.7. The molecule has 0 saturated heterocycles. The molecule has 0 aromatic carbocycles. The lowest BCUT2D eigenvalue weighted by molar-refractivity contribution is 0.0739. The summed E-state index contributed by atoms with van der Waals surface area (Å²) < 4.78 is 19.5. The number of ether oxygens (including phenoxy) is 1. The largest absolute Gasteiger partial charge is 0.486 e. The molecule has 0 amide bonds. The number of aliphatic hydroxyl groups is 2. The molecule has 37 heavy (non-hydrogen) atoms. The normalized spacial score (nSPS) is 16.2. The molecule has 4 heterocycles. The lowest BCUT2D eigenvalue weighted by Gasteiger charge is -2.35. The fraction of sp³-hybridized carbons (Fsp3) is 0.321. The molecule has 0 aliphatic carbocycles. The molecule has 3 aromatic rings. The summed E-state index contributed by atoms with van der Waals surface area (Å²) in [7, 11) is 0. The van der Waals surface area contributed by atoms with Gasteiger partial charge in [-0.1, -0.05) is 17.7 Å². The van der Waals surface area contributed by atoms with Gasteiger partial charge in [0.25, 0.3) is 0 Å². The lowest BCUT2D eigenvalue weighted by atomic mass is 10.0. The number of anilines is 1. The third-order valence-corrected chi connectivity index (χ3v) is 6.48. The van der Waals surface area contributed by atoms with E-state index in [1.54, 1.807) is 50.1 Å². The number of allylic oxidation sites excluding steroid dienone is 2. The summed E-state index contributed by atoms with van der Waals surface area (Å²) >= 11 is 6.55. The second-order valence-corrected chi connectivity index (χ2v) is 10.2. The highest BCUT2D eigenvalue weighted by atomic mass is 35.5. The van der Waals surface area contributed by atoms with Crippen molar-refractivity contribution in [3.8, 4) is 11.4 Å². The first-order valence-electron chi connectivity index (χ1n) is 11.8. The molecule has 9 heteroatoms. The summed E-state index contributed by atoms with van der Waals surface area (Å²) in [6.45, 7) is 10.8. The first-order valence-corrected chi connectivity index (χ1v) is 12.2. The zero-order valence-corrected chi connectivity index (χ0v) is 22.4. The second kappa shape index (κ2) is 10.2. The standard InChI is InChI=1S/C28H30ClFN4O3/c1-15-9-19(32-24(30)10-15)14-37-22-11-18(4)34(27(35)25(22)29)21-12-20(31-13-17(21)3)26-16(2)7-8-23(33-26)28(5,6)36/h7-13,27,35-36H,14H2,1-6H3. The molecule has 1 aliphatic rings. The summed E-state index contributed by atoms with van der Waals surface area (Å²) in [4.78, 5) is 14.8. The van der Waals surface area contributed by atoms with Gasteiger partial charge < -0.3 is 19.8 Å². The van der Waals surface area contributed by atoms with Gasteiger partial charge >= 0.3 is 0 Å². The summed E-state index contributed by atoms with van der Waals surface area (Å²) in [6, 6.07) is 8.60. The Morgan fingerprint density at radius 3 is 2.49 bits per heavy atom. The Kier molecular flexibility index (Phi) is 7.37. The average molecular weight is 525 g/mol. The predicted molar refractivity (Wildman–Crippen MR) is 141 cm³/mol. The maximum atomic E-state index is 13.6. The maximum absolute atomic E-state index is 13.6. The van der Waals surface area contributed by atoms with Crippen molar-refractivity contribution < 1.29 is 19.3 Å². The van der Waals surface area contributed by atoms with Crippen LogP contribution in [0.15, 0.2) is 59.1 Å². The van der Waals surface area contributed by atoms with E-state index in [1.165, 1.54) is 6.07 Å². The van der Waals surface area contributed by atoms with Crippen LogP contribution >= 0.6 is 11.6 Å². The molecular formula is C28H30ClFN4O3. The summed E-state index contributed by atoms with van der Waals surface area (Å²) in [5.41, 5.74) is 4.91. The molecule has 0 saturated carbocycles. The molecule has 0 bridgehead atoms. The molecule has 0 fully saturated rings. The molecule has 2 N–H and O–H groups in total. The number of hydrogen-bond donors (Lipinski definition) is 2. The third kappa shape index (κ3) is 5.66. The molecule has 1 unspecified atom stereocenters. The Labute approximate surface area is 220 Å². The molecule has 1 atom stereocenters. The fourth-order valence-electron chi connectivity index (χ4n) is 4.14. The number of nitrogens with zero attached hydrogens (tertiary/aromatic N) is 4. The molecule has 0 spiro atoms. The number of aryl methyl sites for hydroxylation is 3. The van der Waals surface area contributed by atoms with Gasteiger partial charge in [-0.15, -0.1) is 0 Å². The van der Waals surface area contributed by atoms with Crippen molar-refractivity contribution in [1.29, 1.82) is 0 Å². The Balaban J connectivity index is 1.65. The van der Waals surface area contributed by atoms with Gasteiger partial charge in [-0.2, -0.15) is 4.39 Å². The Bertz CT molecular complexity index is 1390. The molecular weight excluding hydrogens is 495 g/mol. The Morgan fingerprint density at radius 1 is 1.08 bits per heavy atom. The number of aliphatic hydroxyl groups excluding tert-OH is 1. The van der Waals surface area contributed by atoms with E-state index >= 15 is 0 Å². The highest BCUT2D eigenvalue weighted by molar-refractivity contribution is 6.31. The van der Waals surface area contributed by atoms with Crippen LogP contribution < -0.4 is 4.90 Å². The quantitative estimate of drug-likeness (QED) is 0.409. The molecule has 194 valence electrons. The molecule has 1 aliphatic heterocycles. The van der Waals surface area contributed by atoms with Crippen LogP contribution in [0.3, 0.4) is 0 Å². The maximum Gasteiger partial charge on any atom is 0.213 e. The summed E-state index contributed by atoms with van der Waals surface area (Å²) in [5, 5.41) is 21.7. The number of halogens is 2. The lowest BCUT2D eigenvalue weighted by Crippen LogP contribution is -2.37. The number of aromatic nitrogens is 3. The number of hydrogen-bond acceptors (Lipinski definition) is 7. The average Bonchev–Trinajstić information content (AvgIpc) is 2.81. The van der Waals surface area contributed by atoms with Crippen LogP contribution in [0.25, 0.3) is 11.4 Å². The van der Waals surface area contributed by atoms with E-state index in [0.29, 0.717) is 34.2 Å². The van der Waals surface area contributed by atoms with E-state index in [0.717, 1.165) is 16.7 Å². The van der Waals surface area contributed by atoms with Crippen LogP contribution in [-0.4, -0.2) is 31.4 Å². The van der Waals surface area contributed by atoms with Crippen molar-refractivity contribution >= 4 is 17.3 Å². The fourth-order valence-corrected chi connectivity index (χ4v) is 4.35. The Hall–Kier alpha value is -3.33. The third-order valence-electron chi connectivity index (χ3n) is 6.09. The first-order chi connectivity index (χ1) is 17.3. The zero-order valence-electron chi connectivity index (χ0n) is 21.7. The topological polar surface area (TPSA) is 91.6 Å². The van der Waals surface area contributed by atoms with Crippen LogP contribution in [0.1, 0.15) is 48.8 Å². The van der Waals surface area contributed by atoms with Crippen molar-refractivity contribution in [2.75, 3.05) is 4.90 Å². The van der Waals surface area contributed by atoms with Crippen molar-refractivity contribution in [2.24, 2.45) is 0 Å². The van der Waals surface area contributed by atoms with Gasteiger partial charge in [-0.3, -0.25) is 4.98 Å². The van der Waals surface area contributed by atoms with E-state index < -0.39 is 17.8 Å². The number of pyridine rings is 3. The molecule has 7 nitrogen and oxygen atoms in total. The van der Waals surface area contributed by atoms with E-state index in [2.05, 4.69) is 15.0 Å². The van der Waals surface area contributed by atoms with Crippen molar-refractivity contribution in [3.63, 3.8) is 0 Å². The van der Waals surface area contributed by atoms with Crippen molar-refractivity contribution in [3.05, 3.63) is 93.1 Å². The van der Waals surface area contributed by atoms with Gasteiger partial charge in [0, 0.05) is 18.0 Å². The van der Waals surface area contributed by atoms with Gasteiger partial charge in [0.1, 0.15) is 23.0 Å². The van der Waals surface area contributed by atoms with E-state index in [4.69, 9.17) is 16.3 Å². The minimum absolute atomic E-state index is 0.00157. The van der Waals surface area contributed by atoms with E-state index in [1.807, 2.05) is 32.9 Å². The molecule has 4 rings (SSSR count). The van der Waals surface area contributed by atoms with Crippen LogP contribution in [0, 0.1) is 26.7 Å². The predicted octanol–water partition coefficient (Wildman–Crippen LogP) is 5.54. The van der Waals surface area contributed by atoms with Crippen LogP contribution in [0.5, 0.6) is 0 Å². The van der Waals surface area contributed by atoms with E-state index in [-0.39, 0.29) is 17.4 Å². The monoisotopic (exact) mass is 524 g/mol. The highest BCUT2D eigenvalue weighted by Gasteiger charge is 2.30. The second-order valence-electron chi connectivity index (χ2n) is 9.77. The van der Waals surface area contributed by atoms with Gasteiger partial charge in [0.15, 0.2) is 6.23 Å². The smallest absolute Gasteiger partial charge is 0.213 e. The highest BCUT2D eigenvalue weighted by Crippen LogP contribution is 2.37. The van der Waals surface area contributed by atoms with Crippen molar-refractivity contribution in [2.45, 2.75) is 60.0 Å². The van der Waals surface area contributed by atoms with Crippen LogP contribution in [-0.2, 0) is 16.9 Å². The zero-order chi connectivity index (χ0) is 27.1. The van der Waals surface area contributed by atoms with E-state index in [9.17, 15) is 14.6 Å². The molecule has 0 radical (unpaired) electrons. The van der Waals surface area contributed by atoms with Gasteiger partial charge in [-0.25, -0.2) is 9.97 Å². The van der Waals surface area contributed by atoms with Gasteiger partial charge in [0.2, 0.25) is 5.95 Å². The van der Waals surface area contributed by atoms with Gasteiger partial charge in [-0.05, 0) is 82.5 Å².